The molecule has 1 aromatic carbocycles. The molecule has 0 aliphatic heterocycles. The number of aliphatic carboxylic acids is 1. The van der Waals surface area contributed by atoms with Gasteiger partial charge < -0.3 is 5.11 Å². The average molecular weight is 302 g/mol. The second-order valence-electron chi connectivity index (χ2n) is 4.18. The van der Waals surface area contributed by atoms with E-state index in [2.05, 4.69) is 0 Å². The average Bonchev–Trinajstić information content (AvgIpc) is 2.34. The number of nitro groups is 1. The van der Waals surface area contributed by atoms with E-state index in [0.29, 0.717) is 0 Å². The summed E-state index contributed by atoms with van der Waals surface area (Å²) in [6.07, 6.45) is -0.318. The van der Waals surface area contributed by atoms with Crippen LogP contribution in [0.3, 0.4) is 0 Å². The summed E-state index contributed by atoms with van der Waals surface area (Å²) >= 11 is 0. The summed E-state index contributed by atoms with van der Waals surface area (Å²) in [4.78, 5) is 20.4. The molecule has 0 aliphatic carbocycles. The van der Waals surface area contributed by atoms with Gasteiger partial charge in [-0.2, -0.15) is 0 Å². The minimum atomic E-state index is -3.85. The maximum Gasteiger partial charge on any atom is 0.304 e. The normalized spacial score (nSPS) is 11.6. The van der Waals surface area contributed by atoms with Crippen molar-refractivity contribution in [2.45, 2.75) is 18.2 Å². The fourth-order valence-corrected chi connectivity index (χ4v) is 2.80. The molecule has 1 rings (SSSR count). The van der Waals surface area contributed by atoms with Crippen molar-refractivity contribution in [3.8, 4) is 0 Å². The van der Waals surface area contributed by atoms with Crippen LogP contribution in [0.15, 0.2) is 23.1 Å². The Kier molecular flexibility index (Phi) is 4.79. The van der Waals surface area contributed by atoms with E-state index in [1.165, 1.54) is 20.0 Å². The number of rotatable bonds is 6. The van der Waals surface area contributed by atoms with Gasteiger partial charge in [0.15, 0.2) is 0 Å². The van der Waals surface area contributed by atoms with Crippen LogP contribution in [-0.4, -0.2) is 42.3 Å². The Labute approximate surface area is 115 Å². The van der Waals surface area contributed by atoms with Gasteiger partial charge in [-0.05, 0) is 19.1 Å². The van der Waals surface area contributed by atoms with Gasteiger partial charge in [0.1, 0.15) is 0 Å². The van der Waals surface area contributed by atoms with Crippen LogP contribution in [0.5, 0.6) is 0 Å². The van der Waals surface area contributed by atoms with Gasteiger partial charge in [0.25, 0.3) is 5.69 Å². The first-order chi connectivity index (χ1) is 9.16. The Hall–Kier alpha value is -2.00. The molecule has 0 aromatic heterocycles. The predicted octanol–water partition coefficient (Wildman–Crippen LogP) is 0.998. The van der Waals surface area contributed by atoms with E-state index in [1.54, 1.807) is 0 Å². The van der Waals surface area contributed by atoms with Crippen LogP contribution in [0, 0.1) is 17.0 Å². The number of carboxylic acid groups (broad SMARTS) is 1. The highest BCUT2D eigenvalue weighted by Gasteiger charge is 2.23. The lowest BCUT2D eigenvalue weighted by atomic mass is 10.2. The van der Waals surface area contributed by atoms with Crippen LogP contribution >= 0.6 is 0 Å². The number of aryl methyl sites for hydroxylation is 1. The predicted molar refractivity (Wildman–Crippen MR) is 69.9 cm³/mol. The molecule has 1 aromatic rings. The zero-order valence-electron chi connectivity index (χ0n) is 10.9. The third-order valence-corrected chi connectivity index (χ3v) is 4.57. The second-order valence-corrected chi connectivity index (χ2v) is 6.22. The van der Waals surface area contributed by atoms with Crippen molar-refractivity contribution in [3.63, 3.8) is 0 Å². The third-order valence-electron chi connectivity index (χ3n) is 2.71. The Morgan fingerprint density at radius 2 is 2.05 bits per heavy atom. The SMILES string of the molecule is Cc1cc(S(=O)(=O)N(C)CCC(=O)O)ccc1[N+](=O)[O-]. The molecule has 0 unspecified atom stereocenters. The Morgan fingerprint density at radius 1 is 1.45 bits per heavy atom. The highest BCUT2D eigenvalue weighted by atomic mass is 32.2. The molecule has 0 heterocycles. The van der Waals surface area contributed by atoms with Gasteiger partial charge in [-0.1, -0.05) is 0 Å². The molecule has 9 heteroatoms. The van der Waals surface area contributed by atoms with Gasteiger partial charge in [0.05, 0.1) is 16.2 Å². The Balaban J connectivity index is 3.07. The number of sulfonamides is 1. The summed E-state index contributed by atoms with van der Waals surface area (Å²) in [6.45, 7) is 1.27. The molecule has 0 radical (unpaired) electrons. The topological polar surface area (TPSA) is 118 Å². The molecular formula is C11H14N2O6S. The van der Waals surface area contributed by atoms with Crippen LogP contribution < -0.4 is 0 Å². The number of carbonyl (C=O) groups is 1. The van der Waals surface area contributed by atoms with E-state index in [4.69, 9.17) is 5.11 Å². The minimum Gasteiger partial charge on any atom is -0.481 e. The molecule has 110 valence electrons. The summed E-state index contributed by atoms with van der Waals surface area (Å²) in [6, 6.07) is 3.45. The highest BCUT2D eigenvalue weighted by Crippen LogP contribution is 2.23. The van der Waals surface area contributed by atoms with E-state index in [1.807, 2.05) is 0 Å². The number of nitrogens with zero attached hydrogens (tertiary/aromatic N) is 2. The third kappa shape index (κ3) is 3.52. The summed E-state index contributed by atoms with van der Waals surface area (Å²) in [5.74, 6) is -1.10. The molecule has 0 fully saturated rings. The van der Waals surface area contributed by atoms with E-state index >= 15 is 0 Å². The lowest BCUT2D eigenvalue weighted by Crippen LogP contribution is -2.29. The largest absolute Gasteiger partial charge is 0.481 e. The second kappa shape index (κ2) is 5.97. The maximum absolute atomic E-state index is 12.1. The van der Waals surface area contributed by atoms with Crippen molar-refractivity contribution < 1.29 is 23.2 Å². The van der Waals surface area contributed by atoms with E-state index in [9.17, 15) is 23.3 Å². The number of hydrogen-bond acceptors (Lipinski definition) is 5. The van der Waals surface area contributed by atoms with Crippen LogP contribution in [0.4, 0.5) is 5.69 Å². The molecule has 0 bridgehead atoms. The first-order valence-electron chi connectivity index (χ1n) is 5.59. The van der Waals surface area contributed by atoms with Gasteiger partial charge in [-0.25, -0.2) is 12.7 Å². The zero-order chi connectivity index (χ0) is 15.5. The standard InChI is InChI=1S/C11H14N2O6S/c1-8-7-9(3-4-10(8)13(16)17)20(18,19)12(2)6-5-11(14)15/h3-4,7H,5-6H2,1-2H3,(H,14,15). The number of carboxylic acids is 1. The molecule has 8 nitrogen and oxygen atoms in total. The number of nitro benzene ring substituents is 1. The Bertz CT molecular complexity index is 640. The highest BCUT2D eigenvalue weighted by molar-refractivity contribution is 7.89. The molecule has 0 saturated carbocycles. The van der Waals surface area contributed by atoms with Crippen LogP contribution in [-0.2, 0) is 14.8 Å². The quantitative estimate of drug-likeness (QED) is 0.618. The summed E-state index contributed by atoms with van der Waals surface area (Å²) in [5.41, 5.74) is 0.0554. The van der Waals surface area contributed by atoms with Crippen molar-refractivity contribution in [3.05, 3.63) is 33.9 Å². The van der Waals surface area contributed by atoms with Gasteiger partial charge in [0.2, 0.25) is 10.0 Å². The van der Waals surface area contributed by atoms with Crippen molar-refractivity contribution >= 4 is 21.7 Å². The van der Waals surface area contributed by atoms with Crippen LogP contribution in [0.1, 0.15) is 12.0 Å². The van der Waals surface area contributed by atoms with Gasteiger partial charge in [0, 0.05) is 25.2 Å². The molecule has 1 N–H and O–H groups in total. The summed E-state index contributed by atoms with van der Waals surface area (Å²) in [7, 11) is -2.59. The molecule has 0 amide bonds. The van der Waals surface area contributed by atoms with Crippen LogP contribution in [0.2, 0.25) is 0 Å². The fourth-order valence-electron chi connectivity index (χ4n) is 1.55. The zero-order valence-corrected chi connectivity index (χ0v) is 11.8. The smallest absolute Gasteiger partial charge is 0.304 e. The van der Waals surface area contributed by atoms with Gasteiger partial charge in [-0.15, -0.1) is 0 Å². The minimum absolute atomic E-state index is 0.103. The molecular weight excluding hydrogens is 288 g/mol. The molecule has 0 atom stereocenters. The van der Waals surface area contributed by atoms with Gasteiger partial charge >= 0.3 is 5.97 Å². The summed E-state index contributed by atoms with van der Waals surface area (Å²) < 4.78 is 25.2. The van der Waals surface area contributed by atoms with E-state index in [0.717, 1.165) is 16.4 Å². The fraction of sp³-hybridized carbons (Fsp3) is 0.364. The lowest BCUT2D eigenvalue weighted by Gasteiger charge is -2.16. The molecule has 20 heavy (non-hydrogen) atoms. The van der Waals surface area contributed by atoms with Crippen molar-refractivity contribution in [1.82, 2.24) is 4.31 Å². The van der Waals surface area contributed by atoms with Crippen molar-refractivity contribution in [2.75, 3.05) is 13.6 Å². The molecule has 0 spiro atoms. The monoisotopic (exact) mass is 302 g/mol. The first kappa shape index (κ1) is 16.1. The lowest BCUT2D eigenvalue weighted by molar-refractivity contribution is -0.385. The first-order valence-corrected chi connectivity index (χ1v) is 7.03. The number of hydrogen-bond donors (Lipinski definition) is 1. The molecule has 0 saturated heterocycles. The van der Waals surface area contributed by atoms with Crippen LogP contribution in [0.25, 0.3) is 0 Å². The number of benzene rings is 1. The Morgan fingerprint density at radius 3 is 2.50 bits per heavy atom. The van der Waals surface area contributed by atoms with Crippen molar-refractivity contribution in [1.29, 1.82) is 0 Å². The van der Waals surface area contributed by atoms with Gasteiger partial charge in [-0.3, -0.25) is 14.9 Å². The maximum atomic E-state index is 12.1. The van der Waals surface area contributed by atoms with E-state index < -0.39 is 20.9 Å². The van der Waals surface area contributed by atoms with E-state index in [-0.39, 0.29) is 29.1 Å². The van der Waals surface area contributed by atoms with Crippen molar-refractivity contribution in [2.24, 2.45) is 0 Å². The summed E-state index contributed by atoms with van der Waals surface area (Å²) in [5, 5.41) is 19.2. The molecule has 0 aliphatic rings.